The van der Waals surface area contributed by atoms with E-state index in [0.717, 1.165) is 18.6 Å². The van der Waals surface area contributed by atoms with Crippen LogP contribution in [-0.2, 0) is 4.74 Å². The molecule has 3 rings (SSSR count). The normalized spacial score (nSPS) is 16.2. The zero-order chi connectivity index (χ0) is 12.5. The van der Waals surface area contributed by atoms with E-state index in [0.29, 0.717) is 29.2 Å². The first-order valence-electron chi connectivity index (χ1n) is 5.69. The zero-order valence-electron chi connectivity index (χ0n) is 9.57. The molecule has 0 saturated carbocycles. The number of morpholine rings is 1. The molecule has 2 heterocycles. The summed E-state index contributed by atoms with van der Waals surface area (Å²) >= 11 is 3.37. The first-order chi connectivity index (χ1) is 8.74. The van der Waals surface area contributed by atoms with E-state index < -0.39 is 0 Å². The van der Waals surface area contributed by atoms with Crippen molar-refractivity contribution in [3.63, 3.8) is 0 Å². The van der Waals surface area contributed by atoms with Crippen molar-refractivity contribution in [1.29, 1.82) is 0 Å². The van der Waals surface area contributed by atoms with Gasteiger partial charge in [0.2, 0.25) is 5.95 Å². The largest absolute Gasteiger partial charge is 0.378 e. The molecule has 0 atom stereocenters. The van der Waals surface area contributed by atoms with Crippen molar-refractivity contribution in [1.82, 2.24) is 9.97 Å². The molecule has 1 aromatic carbocycles. The van der Waals surface area contributed by atoms with E-state index in [2.05, 4.69) is 30.8 Å². The molecule has 18 heavy (non-hydrogen) atoms. The Morgan fingerprint density at radius 2 is 2.00 bits per heavy atom. The molecule has 94 valence electrons. The Hall–Kier alpha value is -1.27. The van der Waals surface area contributed by atoms with E-state index >= 15 is 0 Å². The highest BCUT2D eigenvalue weighted by Crippen LogP contribution is 2.24. The average molecular weight is 312 g/mol. The maximum absolute atomic E-state index is 13.2. The first-order valence-corrected chi connectivity index (χ1v) is 6.49. The van der Waals surface area contributed by atoms with E-state index in [4.69, 9.17) is 4.74 Å². The number of benzene rings is 1. The lowest BCUT2D eigenvalue weighted by Gasteiger charge is -2.27. The summed E-state index contributed by atoms with van der Waals surface area (Å²) in [6.45, 7) is 2.92. The van der Waals surface area contributed by atoms with Gasteiger partial charge in [0.05, 0.1) is 18.7 Å². The van der Waals surface area contributed by atoms with Crippen molar-refractivity contribution in [2.45, 2.75) is 0 Å². The van der Waals surface area contributed by atoms with Crippen LogP contribution in [0.5, 0.6) is 0 Å². The molecule has 2 aromatic rings. The van der Waals surface area contributed by atoms with Crippen LogP contribution in [0.3, 0.4) is 0 Å². The fraction of sp³-hybridized carbons (Fsp3) is 0.333. The molecule has 0 radical (unpaired) electrons. The Morgan fingerprint density at radius 1 is 1.22 bits per heavy atom. The maximum atomic E-state index is 13.2. The summed E-state index contributed by atoms with van der Waals surface area (Å²) in [5.74, 6) is 0.371. The molecule has 1 fully saturated rings. The highest BCUT2D eigenvalue weighted by Gasteiger charge is 2.15. The molecular weight excluding hydrogens is 301 g/mol. The smallest absolute Gasteiger partial charge is 0.227 e. The van der Waals surface area contributed by atoms with Gasteiger partial charge in [-0.25, -0.2) is 14.4 Å². The third-order valence-corrected chi connectivity index (χ3v) is 3.50. The summed E-state index contributed by atoms with van der Waals surface area (Å²) in [6, 6.07) is 4.51. The standard InChI is InChI=1S/C12H11BrFN3O/c13-11-9-7-8(14)1-2-10(9)15-12(16-11)17-3-5-18-6-4-17/h1-2,7H,3-6H2. The summed E-state index contributed by atoms with van der Waals surface area (Å²) in [5, 5.41) is 0.687. The number of rotatable bonds is 1. The van der Waals surface area contributed by atoms with Gasteiger partial charge >= 0.3 is 0 Å². The van der Waals surface area contributed by atoms with E-state index in [1.807, 2.05) is 0 Å². The molecule has 0 spiro atoms. The number of halogens is 2. The van der Waals surface area contributed by atoms with Gasteiger partial charge in [-0.3, -0.25) is 0 Å². The Morgan fingerprint density at radius 3 is 2.78 bits per heavy atom. The van der Waals surface area contributed by atoms with Crippen LogP contribution in [0, 0.1) is 5.82 Å². The fourth-order valence-corrected chi connectivity index (χ4v) is 2.43. The van der Waals surface area contributed by atoms with E-state index in [9.17, 15) is 4.39 Å². The molecule has 0 aliphatic carbocycles. The molecule has 1 aromatic heterocycles. The van der Waals surface area contributed by atoms with Gasteiger partial charge in [0.15, 0.2) is 0 Å². The highest BCUT2D eigenvalue weighted by molar-refractivity contribution is 9.10. The van der Waals surface area contributed by atoms with E-state index in [1.165, 1.54) is 12.1 Å². The fourth-order valence-electron chi connectivity index (χ4n) is 1.96. The molecule has 4 nitrogen and oxygen atoms in total. The van der Waals surface area contributed by atoms with Crippen LogP contribution in [0.2, 0.25) is 0 Å². The van der Waals surface area contributed by atoms with Gasteiger partial charge in [-0.15, -0.1) is 0 Å². The third-order valence-electron chi connectivity index (χ3n) is 2.89. The van der Waals surface area contributed by atoms with Crippen molar-refractivity contribution in [2.24, 2.45) is 0 Å². The Kier molecular flexibility index (Phi) is 3.13. The van der Waals surface area contributed by atoms with E-state index in [-0.39, 0.29) is 5.82 Å². The molecule has 1 saturated heterocycles. The van der Waals surface area contributed by atoms with Gasteiger partial charge in [0.25, 0.3) is 0 Å². The lowest BCUT2D eigenvalue weighted by molar-refractivity contribution is 0.122. The van der Waals surface area contributed by atoms with Crippen LogP contribution >= 0.6 is 15.9 Å². The van der Waals surface area contributed by atoms with Crippen LogP contribution in [-0.4, -0.2) is 36.3 Å². The molecular formula is C12H11BrFN3O. The van der Waals surface area contributed by atoms with Crippen molar-refractivity contribution in [3.05, 3.63) is 28.6 Å². The second-order valence-corrected chi connectivity index (χ2v) is 4.83. The minimum absolute atomic E-state index is 0.286. The number of hydrogen-bond donors (Lipinski definition) is 0. The number of aromatic nitrogens is 2. The quantitative estimate of drug-likeness (QED) is 0.758. The van der Waals surface area contributed by atoms with Crippen LogP contribution in [0.1, 0.15) is 0 Å². The van der Waals surface area contributed by atoms with Crippen molar-refractivity contribution >= 4 is 32.8 Å². The topological polar surface area (TPSA) is 38.2 Å². The van der Waals surface area contributed by atoms with Crippen molar-refractivity contribution in [2.75, 3.05) is 31.2 Å². The van der Waals surface area contributed by atoms with Crippen LogP contribution in [0.15, 0.2) is 22.8 Å². The summed E-state index contributed by atoms with van der Waals surface area (Å²) in [5.41, 5.74) is 0.736. The van der Waals surface area contributed by atoms with Crippen LogP contribution < -0.4 is 4.90 Å². The number of hydrogen-bond acceptors (Lipinski definition) is 4. The predicted molar refractivity (Wildman–Crippen MR) is 70.2 cm³/mol. The maximum Gasteiger partial charge on any atom is 0.227 e. The monoisotopic (exact) mass is 311 g/mol. The number of anilines is 1. The summed E-state index contributed by atoms with van der Waals surface area (Å²) in [6.07, 6.45) is 0. The number of ether oxygens (including phenoxy) is 1. The molecule has 1 aliphatic heterocycles. The average Bonchev–Trinajstić information content (AvgIpc) is 2.40. The first kappa shape index (κ1) is 11.8. The third kappa shape index (κ3) is 2.18. The minimum Gasteiger partial charge on any atom is -0.378 e. The second-order valence-electron chi connectivity index (χ2n) is 4.08. The Bertz CT molecular complexity index is 587. The molecule has 1 aliphatic rings. The lowest BCUT2D eigenvalue weighted by atomic mass is 10.2. The van der Waals surface area contributed by atoms with Gasteiger partial charge in [0.1, 0.15) is 10.4 Å². The number of fused-ring (bicyclic) bond motifs is 1. The van der Waals surface area contributed by atoms with Crippen LogP contribution in [0.4, 0.5) is 10.3 Å². The van der Waals surface area contributed by atoms with Crippen LogP contribution in [0.25, 0.3) is 10.9 Å². The van der Waals surface area contributed by atoms with Gasteiger partial charge < -0.3 is 9.64 Å². The second kappa shape index (κ2) is 4.78. The molecule has 6 heteroatoms. The predicted octanol–water partition coefficient (Wildman–Crippen LogP) is 2.37. The van der Waals surface area contributed by atoms with Gasteiger partial charge in [-0.05, 0) is 34.1 Å². The molecule has 0 N–H and O–H groups in total. The van der Waals surface area contributed by atoms with Gasteiger partial charge in [-0.1, -0.05) is 0 Å². The summed E-state index contributed by atoms with van der Waals surface area (Å²) < 4.78 is 19.1. The molecule has 0 amide bonds. The molecule has 0 bridgehead atoms. The van der Waals surface area contributed by atoms with E-state index in [1.54, 1.807) is 6.07 Å². The number of nitrogens with zero attached hydrogens (tertiary/aromatic N) is 3. The summed E-state index contributed by atoms with van der Waals surface area (Å²) in [4.78, 5) is 10.9. The SMILES string of the molecule is Fc1ccc2nc(N3CCOCC3)nc(Br)c2c1. The van der Waals surface area contributed by atoms with Gasteiger partial charge in [0, 0.05) is 18.5 Å². The van der Waals surface area contributed by atoms with Crippen molar-refractivity contribution in [3.8, 4) is 0 Å². The summed E-state index contributed by atoms with van der Waals surface area (Å²) in [7, 11) is 0. The minimum atomic E-state index is -0.286. The lowest BCUT2D eigenvalue weighted by Crippen LogP contribution is -2.37. The zero-order valence-corrected chi connectivity index (χ0v) is 11.2. The Balaban J connectivity index is 2.06. The van der Waals surface area contributed by atoms with Crippen molar-refractivity contribution < 1.29 is 9.13 Å². The van der Waals surface area contributed by atoms with Gasteiger partial charge in [-0.2, -0.15) is 0 Å². The Labute approximate surface area is 112 Å². The molecule has 0 unspecified atom stereocenters. The highest BCUT2D eigenvalue weighted by atomic mass is 79.9.